The first-order valence-electron chi connectivity index (χ1n) is 5.81. The summed E-state index contributed by atoms with van der Waals surface area (Å²) in [6, 6.07) is 8.42. The average Bonchev–Trinajstić information content (AvgIpc) is 2.90. The lowest BCUT2D eigenvalue weighted by molar-refractivity contribution is 0.916. The molecule has 0 radical (unpaired) electrons. The zero-order chi connectivity index (χ0) is 15.0. The number of imidazole rings is 1. The summed E-state index contributed by atoms with van der Waals surface area (Å²) in [7, 11) is 0. The molecule has 0 fully saturated rings. The van der Waals surface area contributed by atoms with Crippen molar-refractivity contribution in [1.29, 1.82) is 10.5 Å². The summed E-state index contributed by atoms with van der Waals surface area (Å²) in [6.45, 7) is 0. The van der Waals surface area contributed by atoms with Crippen molar-refractivity contribution >= 4 is 16.6 Å². The van der Waals surface area contributed by atoms with Crippen molar-refractivity contribution in [2.45, 2.75) is 0 Å². The van der Waals surface area contributed by atoms with Gasteiger partial charge >= 0.3 is 0 Å². The van der Waals surface area contributed by atoms with Crippen molar-refractivity contribution in [2.75, 3.05) is 5.73 Å². The Hall–Kier alpha value is -3.65. The van der Waals surface area contributed by atoms with Crippen LogP contribution in [0.25, 0.3) is 16.9 Å². The molecule has 0 saturated heterocycles. The van der Waals surface area contributed by atoms with E-state index in [2.05, 4.69) is 15.0 Å². The minimum Gasteiger partial charge on any atom is -0.399 e. The topological polar surface area (TPSA) is 137 Å². The molecule has 1 aromatic carbocycles. The Morgan fingerprint density at radius 2 is 2.10 bits per heavy atom. The van der Waals surface area contributed by atoms with Crippen LogP contribution in [0, 0.1) is 22.7 Å². The van der Waals surface area contributed by atoms with Gasteiger partial charge in [-0.25, -0.2) is 9.97 Å². The van der Waals surface area contributed by atoms with E-state index >= 15 is 0 Å². The Balaban J connectivity index is 2.31. The van der Waals surface area contributed by atoms with Gasteiger partial charge in [0, 0.05) is 5.69 Å². The van der Waals surface area contributed by atoms with Gasteiger partial charge in [0.1, 0.15) is 18.5 Å². The molecule has 3 aromatic rings. The smallest absolute Gasteiger partial charge is 0.260 e. The van der Waals surface area contributed by atoms with Crippen LogP contribution in [0.15, 0.2) is 29.3 Å². The summed E-state index contributed by atoms with van der Waals surface area (Å²) in [4.78, 5) is 22.7. The summed E-state index contributed by atoms with van der Waals surface area (Å²) in [5, 5.41) is 18.3. The van der Waals surface area contributed by atoms with Gasteiger partial charge < -0.3 is 5.73 Å². The molecular weight excluding hydrogens is 270 g/mol. The van der Waals surface area contributed by atoms with Crippen LogP contribution < -0.4 is 11.3 Å². The van der Waals surface area contributed by atoms with E-state index in [0.717, 1.165) is 0 Å². The molecular formula is C13H7N7O. The van der Waals surface area contributed by atoms with Crippen molar-refractivity contribution in [3.05, 3.63) is 46.3 Å². The number of anilines is 1. The molecule has 8 heteroatoms. The molecule has 3 rings (SSSR count). The molecule has 3 N–H and O–H groups in total. The number of hydrogen-bond donors (Lipinski definition) is 2. The van der Waals surface area contributed by atoms with E-state index in [4.69, 9.17) is 16.3 Å². The first-order valence-corrected chi connectivity index (χ1v) is 5.81. The SMILES string of the molecule is N#Cc1ncn(-c2nc3ccc(N)cc3c(=O)[nH]2)c1C#N. The quantitative estimate of drug-likeness (QED) is 0.619. The van der Waals surface area contributed by atoms with Crippen LogP contribution in [0.1, 0.15) is 11.4 Å². The molecule has 21 heavy (non-hydrogen) atoms. The van der Waals surface area contributed by atoms with Crippen molar-refractivity contribution in [1.82, 2.24) is 19.5 Å². The molecule has 8 nitrogen and oxygen atoms in total. The average molecular weight is 277 g/mol. The zero-order valence-corrected chi connectivity index (χ0v) is 10.5. The lowest BCUT2D eigenvalue weighted by atomic mass is 10.2. The second kappa shape index (κ2) is 4.47. The maximum absolute atomic E-state index is 12.1. The number of nitrogens with zero attached hydrogens (tertiary/aromatic N) is 5. The summed E-state index contributed by atoms with van der Waals surface area (Å²) >= 11 is 0. The highest BCUT2D eigenvalue weighted by atomic mass is 16.1. The predicted molar refractivity (Wildman–Crippen MR) is 73.3 cm³/mol. The number of H-pyrrole nitrogens is 1. The third-order valence-electron chi connectivity index (χ3n) is 2.92. The third kappa shape index (κ3) is 1.88. The molecule has 0 aliphatic rings. The largest absolute Gasteiger partial charge is 0.399 e. The van der Waals surface area contributed by atoms with E-state index < -0.39 is 5.56 Å². The van der Waals surface area contributed by atoms with Crippen LogP contribution in [0.3, 0.4) is 0 Å². The highest BCUT2D eigenvalue weighted by Crippen LogP contribution is 2.14. The third-order valence-corrected chi connectivity index (χ3v) is 2.92. The molecule has 2 aromatic heterocycles. The van der Waals surface area contributed by atoms with Crippen molar-refractivity contribution < 1.29 is 0 Å². The maximum Gasteiger partial charge on any atom is 0.260 e. The first-order chi connectivity index (χ1) is 10.1. The number of nitriles is 2. The van der Waals surface area contributed by atoms with Gasteiger partial charge in [-0.2, -0.15) is 10.5 Å². The minimum absolute atomic E-state index is 0.00967. The van der Waals surface area contributed by atoms with Gasteiger partial charge in [0.15, 0.2) is 11.4 Å². The van der Waals surface area contributed by atoms with Gasteiger partial charge in [0.05, 0.1) is 10.9 Å². The Labute approximate surface area is 117 Å². The van der Waals surface area contributed by atoms with Crippen LogP contribution in [0.5, 0.6) is 0 Å². The zero-order valence-electron chi connectivity index (χ0n) is 10.5. The van der Waals surface area contributed by atoms with Crippen LogP contribution in [0.4, 0.5) is 5.69 Å². The molecule has 0 bridgehead atoms. The lowest BCUT2D eigenvalue weighted by Crippen LogP contribution is -2.14. The van der Waals surface area contributed by atoms with Crippen molar-refractivity contribution in [3.8, 4) is 18.1 Å². The second-order valence-electron chi connectivity index (χ2n) is 4.20. The van der Waals surface area contributed by atoms with Crippen LogP contribution in [-0.4, -0.2) is 19.5 Å². The molecule has 0 aliphatic heterocycles. The molecule has 0 unspecified atom stereocenters. The number of rotatable bonds is 1. The van der Waals surface area contributed by atoms with Gasteiger partial charge in [-0.3, -0.25) is 14.3 Å². The van der Waals surface area contributed by atoms with Crippen molar-refractivity contribution in [2.24, 2.45) is 0 Å². The fourth-order valence-electron chi connectivity index (χ4n) is 1.96. The lowest BCUT2D eigenvalue weighted by Gasteiger charge is -2.04. The summed E-state index contributed by atoms with van der Waals surface area (Å²) in [5.74, 6) is 0.114. The molecule has 0 spiro atoms. The number of benzene rings is 1. The number of fused-ring (bicyclic) bond motifs is 1. The first kappa shape index (κ1) is 12.4. The number of aromatic amines is 1. The fraction of sp³-hybridized carbons (Fsp3) is 0. The van der Waals surface area contributed by atoms with E-state index in [1.807, 2.05) is 6.07 Å². The molecule has 100 valence electrons. The van der Waals surface area contributed by atoms with Gasteiger partial charge in [-0.15, -0.1) is 0 Å². The molecule has 0 aliphatic carbocycles. The van der Waals surface area contributed by atoms with Gasteiger partial charge in [0.2, 0.25) is 5.95 Å². The Morgan fingerprint density at radius 1 is 1.29 bits per heavy atom. The minimum atomic E-state index is -0.390. The number of hydrogen-bond acceptors (Lipinski definition) is 6. The fourth-order valence-corrected chi connectivity index (χ4v) is 1.96. The van der Waals surface area contributed by atoms with Crippen LogP contribution in [-0.2, 0) is 0 Å². The monoisotopic (exact) mass is 277 g/mol. The number of nitrogens with two attached hydrogens (primary N) is 1. The highest BCUT2D eigenvalue weighted by Gasteiger charge is 2.14. The number of nitrogens with one attached hydrogen (secondary N) is 1. The van der Waals surface area contributed by atoms with Gasteiger partial charge in [-0.1, -0.05) is 0 Å². The Kier molecular flexibility index (Phi) is 2.64. The van der Waals surface area contributed by atoms with E-state index in [1.54, 1.807) is 18.2 Å². The summed E-state index contributed by atoms with van der Waals surface area (Å²) < 4.78 is 1.26. The molecule has 0 atom stereocenters. The van der Waals surface area contributed by atoms with E-state index in [9.17, 15) is 4.79 Å². The standard InChI is InChI=1S/C13H7N7O/c14-4-10-11(5-15)20(6-17-10)13-18-9-2-1-7(16)3-8(9)12(21)19-13/h1-3,6H,16H2,(H,18,19,21). The Morgan fingerprint density at radius 3 is 2.81 bits per heavy atom. The van der Waals surface area contributed by atoms with Crippen LogP contribution >= 0.6 is 0 Å². The summed E-state index contributed by atoms with van der Waals surface area (Å²) in [5.41, 5.74) is 6.11. The number of aromatic nitrogens is 4. The second-order valence-corrected chi connectivity index (χ2v) is 4.20. The predicted octanol–water partition coefficient (Wildman–Crippen LogP) is 0.434. The van der Waals surface area contributed by atoms with E-state index in [1.165, 1.54) is 17.0 Å². The molecule has 0 amide bonds. The molecule has 2 heterocycles. The normalized spacial score (nSPS) is 10.2. The van der Waals surface area contributed by atoms with Crippen LogP contribution in [0.2, 0.25) is 0 Å². The van der Waals surface area contributed by atoms with E-state index in [-0.39, 0.29) is 17.3 Å². The highest BCUT2D eigenvalue weighted by molar-refractivity contribution is 5.81. The van der Waals surface area contributed by atoms with Gasteiger partial charge in [-0.05, 0) is 18.2 Å². The van der Waals surface area contributed by atoms with E-state index in [0.29, 0.717) is 16.6 Å². The molecule has 0 saturated carbocycles. The van der Waals surface area contributed by atoms with Gasteiger partial charge in [0.25, 0.3) is 5.56 Å². The van der Waals surface area contributed by atoms with Crippen molar-refractivity contribution in [3.63, 3.8) is 0 Å². The Bertz CT molecular complexity index is 1000. The maximum atomic E-state index is 12.1. The summed E-state index contributed by atoms with van der Waals surface area (Å²) in [6.07, 6.45) is 1.26. The number of nitrogen functional groups attached to an aromatic ring is 1.